The van der Waals surface area contributed by atoms with E-state index in [1.807, 2.05) is 0 Å². The number of sulfonamides is 2. The van der Waals surface area contributed by atoms with Crippen LogP contribution in [-0.2, 0) is 34.4 Å². The Hall–Kier alpha value is -1.28. The Bertz CT molecular complexity index is 921. The van der Waals surface area contributed by atoms with E-state index in [2.05, 4.69) is 9.44 Å². The molecule has 2 saturated carbocycles. The van der Waals surface area contributed by atoms with Crippen molar-refractivity contribution in [3.8, 4) is 0 Å². The maximum atomic E-state index is 12.0. The molecule has 4 N–H and O–H groups in total. The zero-order valence-corrected chi connectivity index (χ0v) is 25.2. The van der Waals surface area contributed by atoms with Crippen LogP contribution in [0.4, 0.5) is 0 Å². The van der Waals surface area contributed by atoms with Crippen LogP contribution in [0.15, 0.2) is 0 Å². The Morgan fingerprint density at radius 2 is 0.974 bits per heavy atom. The van der Waals surface area contributed by atoms with Crippen molar-refractivity contribution in [2.45, 2.75) is 122 Å². The summed E-state index contributed by atoms with van der Waals surface area (Å²) in [5.41, 5.74) is 0. The molecule has 2 rings (SSSR count). The minimum atomic E-state index is -3.33. The first-order valence-corrected chi connectivity index (χ1v) is 15.6. The van der Waals surface area contributed by atoms with Gasteiger partial charge in [-0.3, -0.25) is 9.59 Å². The van der Waals surface area contributed by atoms with Crippen LogP contribution in [0.2, 0.25) is 0 Å². The molecule has 0 unspecified atom stereocenters. The third kappa shape index (κ3) is 12.3. The fraction of sp³-hybridized carbons (Fsp3) is 0.920. The van der Waals surface area contributed by atoms with Crippen LogP contribution in [0, 0.1) is 11.8 Å². The molecule has 0 spiro atoms. The van der Waals surface area contributed by atoms with Gasteiger partial charge in [-0.1, -0.05) is 7.43 Å². The average Bonchev–Trinajstić information content (AvgIpc) is 2.79. The van der Waals surface area contributed by atoms with Crippen molar-refractivity contribution in [2.24, 2.45) is 11.8 Å². The number of ether oxygens (including phenoxy) is 1. The number of hydrogen-bond donors (Lipinski definition) is 4. The second-order valence-corrected chi connectivity index (χ2v) is 16.4. The molecular formula is C25H52N2O9S2. The zero-order chi connectivity index (χ0) is 29.2. The van der Waals surface area contributed by atoms with Gasteiger partial charge in [-0.05, 0) is 92.9 Å². The molecule has 2 aliphatic carbocycles. The number of aliphatic hydroxyl groups excluding tert-OH is 1. The topological polar surface area (TPSA) is 176 Å². The second kappa shape index (κ2) is 16.1. The summed E-state index contributed by atoms with van der Waals surface area (Å²) in [6.07, 6.45) is 5.05. The molecular weight excluding hydrogens is 536 g/mol. The molecule has 13 heteroatoms. The van der Waals surface area contributed by atoms with Gasteiger partial charge in [-0.2, -0.15) is 0 Å². The molecule has 228 valence electrons. The summed E-state index contributed by atoms with van der Waals surface area (Å²) in [5, 5.41) is 15.8. The van der Waals surface area contributed by atoms with Gasteiger partial charge in [0.25, 0.3) is 0 Å². The van der Waals surface area contributed by atoms with Gasteiger partial charge in [0, 0.05) is 19.2 Å². The van der Waals surface area contributed by atoms with Gasteiger partial charge in [0.2, 0.25) is 20.0 Å². The monoisotopic (exact) mass is 588 g/mol. The quantitative estimate of drug-likeness (QED) is 0.340. The van der Waals surface area contributed by atoms with E-state index < -0.39 is 35.5 Å². The van der Waals surface area contributed by atoms with Crippen molar-refractivity contribution in [2.75, 3.05) is 14.2 Å². The zero-order valence-electron chi connectivity index (χ0n) is 23.5. The molecule has 0 amide bonds. The Balaban J connectivity index is 0. The summed E-state index contributed by atoms with van der Waals surface area (Å²) in [5.74, 6) is -1.36. The summed E-state index contributed by atoms with van der Waals surface area (Å²) in [4.78, 5) is 22.1. The summed E-state index contributed by atoms with van der Waals surface area (Å²) >= 11 is 0. The fourth-order valence-corrected chi connectivity index (χ4v) is 5.92. The molecule has 0 atom stereocenters. The van der Waals surface area contributed by atoms with Crippen molar-refractivity contribution in [1.29, 1.82) is 0 Å². The lowest BCUT2D eigenvalue weighted by molar-refractivity contribution is -0.146. The smallest absolute Gasteiger partial charge is 0.308 e. The van der Waals surface area contributed by atoms with Crippen molar-refractivity contribution >= 4 is 32.0 Å². The Morgan fingerprint density at radius 3 is 1.21 bits per heavy atom. The lowest BCUT2D eigenvalue weighted by atomic mass is 9.86. The highest BCUT2D eigenvalue weighted by Gasteiger charge is 2.35. The van der Waals surface area contributed by atoms with Gasteiger partial charge in [-0.15, -0.1) is 0 Å². The van der Waals surface area contributed by atoms with E-state index in [0.29, 0.717) is 51.4 Å². The Kier molecular flexibility index (Phi) is 16.5. The van der Waals surface area contributed by atoms with Crippen LogP contribution in [-0.4, -0.2) is 74.8 Å². The van der Waals surface area contributed by atoms with E-state index in [0.717, 1.165) is 7.11 Å². The number of aliphatic hydroxyl groups is 1. The van der Waals surface area contributed by atoms with Crippen LogP contribution < -0.4 is 9.44 Å². The lowest BCUT2D eigenvalue weighted by Gasteiger charge is -2.30. The van der Waals surface area contributed by atoms with Crippen molar-refractivity contribution in [3.05, 3.63) is 0 Å². The van der Waals surface area contributed by atoms with Crippen molar-refractivity contribution in [1.82, 2.24) is 9.44 Å². The van der Waals surface area contributed by atoms with Crippen LogP contribution in [0.5, 0.6) is 0 Å². The van der Waals surface area contributed by atoms with Gasteiger partial charge in [0.15, 0.2) is 0 Å². The summed E-state index contributed by atoms with van der Waals surface area (Å²) in [7, 11) is -4.25. The predicted octanol–water partition coefficient (Wildman–Crippen LogP) is 3.03. The number of methoxy groups -OCH3 is 1. The lowest BCUT2D eigenvalue weighted by Crippen LogP contribution is -2.46. The standard InChI is InChI=1S/C12H23NO4S.C11H21NO4S.CH4O.CH4/c1-12(2,3)18(15,16)13-10-7-5-9(6-8-10)11(14)17-4;1-11(2,3)17(15,16)12-9-6-4-8(5-7-9)10(13)14;1-2;/h9-10,13H,5-8H2,1-4H3;8-9,12H,4-7H2,1-3H3,(H,13,14);2H,1H3;1H4. The SMILES string of the molecule is C.CC(C)(C)S(=O)(=O)NC1CCC(C(=O)O)CC1.CO.COC(=O)C1CCC(NS(=O)(=O)C(C)(C)C)CC1. The molecule has 0 aromatic heterocycles. The fourth-order valence-electron chi connectivity index (χ4n) is 3.86. The van der Waals surface area contributed by atoms with E-state index in [9.17, 15) is 26.4 Å². The maximum Gasteiger partial charge on any atom is 0.308 e. The average molecular weight is 589 g/mol. The number of carboxylic acids is 1. The van der Waals surface area contributed by atoms with E-state index in [1.54, 1.807) is 41.5 Å². The maximum absolute atomic E-state index is 12.0. The second-order valence-electron chi connectivity index (χ2n) is 11.4. The number of nitrogens with one attached hydrogen (secondary N) is 2. The van der Waals surface area contributed by atoms with Crippen molar-refractivity contribution in [3.63, 3.8) is 0 Å². The number of hydrogen-bond acceptors (Lipinski definition) is 8. The molecule has 0 aliphatic heterocycles. The molecule has 2 fully saturated rings. The highest BCUT2D eigenvalue weighted by molar-refractivity contribution is 7.91. The first kappa shape index (κ1) is 38.9. The Labute approximate surface area is 230 Å². The van der Waals surface area contributed by atoms with E-state index >= 15 is 0 Å². The van der Waals surface area contributed by atoms with Gasteiger partial charge < -0.3 is 14.9 Å². The van der Waals surface area contributed by atoms with Gasteiger partial charge >= 0.3 is 11.9 Å². The molecule has 0 heterocycles. The summed E-state index contributed by atoms with van der Waals surface area (Å²) < 4.78 is 56.3. The van der Waals surface area contributed by atoms with Crippen LogP contribution in [0.25, 0.3) is 0 Å². The van der Waals surface area contributed by atoms with Gasteiger partial charge in [0.05, 0.1) is 28.4 Å². The highest BCUT2D eigenvalue weighted by Crippen LogP contribution is 2.27. The molecule has 0 radical (unpaired) electrons. The van der Waals surface area contributed by atoms with Gasteiger partial charge in [0.1, 0.15) is 0 Å². The minimum Gasteiger partial charge on any atom is -0.481 e. The normalized spacial score (nSPS) is 24.3. The largest absolute Gasteiger partial charge is 0.481 e. The molecule has 11 nitrogen and oxygen atoms in total. The molecule has 0 saturated heterocycles. The highest BCUT2D eigenvalue weighted by atomic mass is 32.2. The van der Waals surface area contributed by atoms with E-state index in [-0.39, 0.29) is 37.3 Å². The third-order valence-electron chi connectivity index (χ3n) is 6.59. The first-order chi connectivity index (χ1) is 16.8. The number of rotatable bonds is 6. The van der Waals surface area contributed by atoms with Crippen LogP contribution >= 0.6 is 0 Å². The van der Waals surface area contributed by atoms with Crippen molar-refractivity contribution < 1.29 is 41.4 Å². The number of carbonyl (C=O) groups excluding carboxylic acids is 1. The number of esters is 1. The first-order valence-electron chi connectivity index (χ1n) is 12.6. The Morgan fingerprint density at radius 1 is 0.684 bits per heavy atom. The molecule has 0 bridgehead atoms. The van der Waals surface area contributed by atoms with E-state index in [4.69, 9.17) is 14.9 Å². The molecule has 0 aromatic carbocycles. The molecule has 2 aliphatic rings. The molecule has 0 aromatic rings. The molecule has 38 heavy (non-hydrogen) atoms. The summed E-state index contributed by atoms with van der Waals surface area (Å²) in [6.45, 7) is 9.98. The number of aliphatic carboxylic acids is 1. The predicted molar refractivity (Wildman–Crippen MR) is 150 cm³/mol. The number of carbonyl (C=O) groups is 2. The number of carboxylic acid groups (broad SMARTS) is 1. The van der Waals surface area contributed by atoms with Crippen LogP contribution in [0.3, 0.4) is 0 Å². The minimum absolute atomic E-state index is 0. The van der Waals surface area contributed by atoms with Gasteiger partial charge in [-0.25, -0.2) is 26.3 Å². The van der Waals surface area contributed by atoms with Crippen LogP contribution in [0.1, 0.15) is 100 Å². The summed E-state index contributed by atoms with van der Waals surface area (Å²) in [6, 6.07) is -0.176. The third-order valence-corrected chi connectivity index (χ3v) is 11.1. The van der Waals surface area contributed by atoms with E-state index in [1.165, 1.54) is 7.11 Å².